The maximum Gasteiger partial charge on any atom is 0.251 e. The zero-order chi connectivity index (χ0) is 12.8. The zero-order valence-electron chi connectivity index (χ0n) is 10.00. The number of ether oxygens (including phenoxy) is 1. The molecular formula is C13H14N2O2S. The number of thiophene rings is 1. The first-order chi connectivity index (χ1) is 8.81. The van der Waals surface area contributed by atoms with Crippen molar-refractivity contribution in [1.82, 2.24) is 10.3 Å². The number of carbonyl (C=O) groups excluding carboxylic acids is 1. The zero-order valence-corrected chi connectivity index (χ0v) is 10.8. The molecular weight excluding hydrogens is 248 g/mol. The van der Waals surface area contributed by atoms with Crippen LogP contribution in [0.4, 0.5) is 0 Å². The summed E-state index contributed by atoms with van der Waals surface area (Å²) in [7, 11) is 1.64. The summed E-state index contributed by atoms with van der Waals surface area (Å²) in [5.41, 5.74) is 1.68. The lowest BCUT2D eigenvalue weighted by atomic mass is 10.2. The highest BCUT2D eigenvalue weighted by molar-refractivity contribution is 7.07. The number of hydrogen-bond acceptors (Lipinski definition) is 4. The molecule has 0 aliphatic carbocycles. The number of rotatable bonds is 5. The molecule has 94 valence electrons. The molecule has 1 N–H and O–H groups in total. The Balaban J connectivity index is 1.93. The molecule has 1 amide bonds. The van der Waals surface area contributed by atoms with Crippen molar-refractivity contribution < 1.29 is 9.53 Å². The average molecular weight is 262 g/mol. The second-order valence-electron chi connectivity index (χ2n) is 3.73. The minimum absolute atomic E-state index is 0.109. The average Bonchev–Trinajstić information content (AvgIpc) is 2.94. The van der Waals surface area contributed by atoms with Crippen LogP contribution < -0.4 is 5.32 Å². The van der Waals surface area contributed by atoms with Gasteiger partial charge in [-0.1, -0.05) is 0 Å². The van der Waals surface area contributed by atoms with Crippen LogP contribution >= 0.6 is 11.3 Å². The SMILES string of the molecule is COC(CNC(=O)c1ccncc1)c1ccsc1. The summed E-state index contributed by atoms with van der Waals surface area (Å²) in [6, 6.07) is 5.36. The monoisotopic (exact) mass is 262 g/mol. The lowest BCUT2D eigenvalue weighted by Crippen LogP contribution is -2.28. The van der Waals surface area contributed by atoms with Gasteiger partial charge in [0.1, 0.15) is 6.10 Å². The number of nitrogens with zero attached hydrogens (tertiary/aromatic N) is 1. The lowest BCUT2D eigenvalue weighted by Gasteiger charge is -2.14. The van der Waals surface area contributed by atoms with Crippen molar-refractivity contribution in [3.63, 3.8) is 0 Å². The Morgan fingerprint density at radius 2 is 2.22 bits per heavy atom. The molecule has 5 heteroatoms. The van der Waals surface area contributed by atoms with Gasteiger partial charge in [-0.15, -0.1) is 0 Å². The molecule has 0 aromatic carbocycles. The van der Waals surface area contributed by atoms with Crippen LogP contribution in [0, 0.1) is 0 Å². The molecule has 2 rings (SSSR count). The highest BCUT2D eigenvalue weighted by Gasteiger charge is 2.13. The summed E-state index contributed by atoms with van der Waals surface area (Å²) >= 11 is 1.61. The van der Waals surface area contributed by atoms with Gasteiger partial charge < -0.3 is 10.1 Å². The van der Waals surface area contributed by atoms with Crippen LogP contribution in [0.5, 0.6) is 0 Å². The van der Waals surface area contributed by atoms with Crippen molar-refractivity contribution in [3.05, 3.63) is 52.5 Å². The maximum absolute atomic E-state index is 11.8. The van der Waals surface area contributed by atoms with Gasteiger partial charge in [0.05, 0.1) is 0 Å². The standard InChI is InChI=1S/C13H14N2O2S/c1-17-12(11-4-7-18-9-11)8-15-13(16)10-2-5-14-6-3-10/h2-7,9,12H,8H2,1H3,(H,15,16). The van der Waals surface area contributed by atoms with Crippen molar-refractivity contribution in [2.45, 2.75) is 6.10 Å². The highest BCUT2D eigenvalue weighted by Crippen LogP contribution is 2.18. The molecule has 18 heavy (non-hydrogen) atoms. The number of pyridine rings is 1. The van der Waals surface area contributed by atoms with Crippen LogP contribution in [0.3, 0.4) is 0 Å². The second kappa shape index (κ2) is 6.28. The Hall–Kier alpha value is -1.72. The Labute approximate surface area is 110 Å². The van der Waals surface area contributed by atoms with Crippen molar-refractivity contribution >= 4 is 17.2 Å². The first kappa shape index (κ1) is 12.7. The quantitative estimate of drug-likeness (QED) is 0.899. The van der Waals surface area contributed by atoms with Gasteiger partial charge in [-0.25, -0.2) is 0 Å². The third-order valence-corrected chi connectivity index (χ3v) is 3.29. The van der Waals surface area contributed by atoms with E-state index in [1.165, 1.54) is 0 Å². The summed E-state index contributed by atoms with van der Waals surface area (Å²) in [5.74, 6) is -0.116. The van der Waals surface area contributed by atoms with E-state index in [1.54, 1.807) is 43.0 Å². The fourth-order valence-electron chi connectivity index (χ4n) is 1.59. The summed E-state index contributed by atoms with van der Waals surface area (Å²) in [4.78, 5) is 15.7. The molecule has 0 saturated carbocycles. The van der Waals surface area contributed by atoms with Crippen LogP contribution in [-0.4, -0.2) is 24.5 Å². The summed E-state index contributed by atoms with van der Waals surface area (Å²) < 4.78 is 5.36. The number of methoxy groups -OCH3 is 1. The van der Waals surface area contributed by atoms with Crippen molar-refractivity contribution in [2.75, 3.05) is 13.7 Å². The smallest absolute Gasteiger partial charge is 0.251 e. The van der Waals surface area contributed by atoms with Crippen LogP contribution in [0.2, 0.25) is 0 Å². The molecule has 1 unspecified atom stereocenters. The molecule has 2 heterocycles. The van der Waals surface area contributed by atoms with E-state index in [0.29, 0.717) is 12.1 Å². The molecule has 2 aromatic heterocycles. The van der Waals surface area contributed by atoms with Crippen LogP contribution in [-0.2, 0) is 4.74 Å². The van der Waals surface area contributed by atoms with E-state index in [2.05, 4.69) is 10.3 Å². The van der Waals surface area contributed by atoms with E-state index in [0.717, 1.165) is 5.56 Å². The number of hydrogen-bond donors (Lipinski definition) is 1. The van der Waals surface area contributed by atoms with E-state index in [9.17, 15) is 4.79 Å². The number of amides is 1. The summed E-state index contributed by atoms with van der Waals surface area (Å²) in [6.45, 7) is 0.453. The highest BCUT2D eigenvalue weighted by atomic mass is 32.1. The number of carbonyl (C=O) groups is 1. The van der Waals surface area contributed by atoms with Gasteiger partial charge in [0.25, 0.3) is 5.91 Å². The van der Waals surface area contributed by atoms with Gasteiger partial charge in [-0.3, -0.25) is 9.78 Å². The number of aromatic nitrogens is 1. The molecule has 0 aliphatic rings. The second-order valence-corrected chi connectivity index (χ2v) is 4.51. The van der Waals surface area contributed by atoms with Gasteiger partial charge in [0.2, 0.25) is 0 Å². The van der Waals surface area contributed by atoms with Crippen LogP contribution in [0.25, 0.3) is 0 Å². The minimum Gasteiger partial charge on any atom is -0.375 e. The van der Waals surface area contributed by atoms with E-state index in [-0.39, 0.29) is 12.0 Å². The normalized spacial score (nSPS) is 12.1. The van der Waals surface area contributed by atoms with Gasteiger partial charge in [0.15, 0.2) is 0 Å². The Bertz CT molecular complexity index is 485. The topological polar surface area (TPSA) is 51.2 Å². The third-order valence-electron chi connectivity index (χ3n) is 2.59. The van der Waals surface area contributed by atoms with Crippen LogP contribution in [0.15, 0.2) is 41.4 Å². The summed E-state index contributed by atoms with van der Waals surface area (Å²) in [6.07, 6.45) is 3.09. The molecule has 1 atom stereocenters. The molecule has 0 saturated heterocycles. The fraction of sp³-hybridized carbons (Fsp3) is 0.231. The first-order valence-corrected chi connectivity index (χ1v) is 6.48. The van der Waals surface area contributed by atoms with E-state index in [1.807, 2.05) is 16.8 Å². The van der Waals surface area contributed by atoms with E-state index in [4.69, 9.17) is 4.74 Å². The molecule has 0 fully saturated rings. The van der Waals surface area contributed by atoms with Gasteiger partial charge in [0, 0.05) is 31.6 Å². The lowest BCUT2D eigenvalue weighted by molar-refractivity contribution is 0.0829. The Kier molecular flexibility index (Phi) is 4.44. The minimum atomic E-state index is -0.116. The summed E-state index contributed by atoms with van der Waals surface area (Å²) in [5, 5.41) is 6.86. The third kappa shape index (κ3) is 3.15. The van der Waals surface area contributed by atoms with Crippen molar-refractivity contribution in [3.8, 4) is 0 Å². The predicted molar refractivity (Wildman–Crippen MR) is 70.6 cm³/mol. The first-order valence-electron chi connectivity index (χ1n) is 5.54. The van der Waals surface area contributed by atoms with Gasteiger partial charge in [-0.05, 0) is 34.5 Å². The molecule has 0 spiro atoms. The van der Waals surface area contributed by atoms with Gasteiger partial charge >= 0.3 is 0 Å². The maximum atomic E-state index is 11.8. The van der Waals surface area contributed by atoms with Crippen molar-refractivity contribution in [1.29, 1.82) is 0 Å². The Morgan fingerprint density at radius 3 is 2.83 bits per heavy atom. The predicted octanol–water partition coefficient (Wildman–Crippen LogP) is 2.26. The molecule has 0 bridgehead atoms. The van der Waals surface area contributed by atoms with Gasteiger partial charge in [-0.2, -0.15) is 11.3 Å². The van der Waals surface area contributed by atoms with Crippen LogP contribution in [0.1, 0.15) is 22.0 Å². The molecule has 0 radical (unpaired) electrons. The van der Waals surface area contributed by atoms with E-state index < -0.39 is 0 Å². The molecule has 4 nitrogen and oxygen atoms in total. The largest absolute Gasteiger partial charge is 0.375 e. The molecule has 2 aromatic rings. The Morgan fingerprint density at radius 1 is 1.44 bits per heavy atom. The number of nitrogens with one attached hydrogen (secondary N) is 1. The van der Waals surface area contributed by atoms with Crippen molar-refractivity contribution in [2.24, 2.45) is 0 Å². The molecule has 0 aliphatic heterocycles. The fourth-order valence-corrected chi connectivity index (χ4v) is 2.29. The van der Waals surface area contributed by atoms with E-state index >= 15 is 0 Å².